The largest absolute Gasteiger partial charge is 0.388 e. The highest BCUT2D eigenvalue weighted by atomic mass is 16.3. The van der Waals surface area contributed by atoms with Crippen LogP contribution in [0.3, 0.4) is 0 Å². The molecule has 2 aromatic rings. The topological polar surface area (TPSA) is 20.2 Å². The monoisotopic (exact) mass is 252 g/mol. The number of rotatable bonds is 4. The zero-order chi connectivity index (χ0) is 13.2. The van der Waals surface area contributed by atoms with Crippen LogP contribution >= 0.6 is 0 Å². The summed E-state index contributed by atoms with van der Waals surface area (Å²) in [6, 6.07) is 16.8. The second-order valence-corrected chi connectivity index (χ2v) is 5.61. The van der Waals surface area contributed by atoms with Crippen LogP contribution in [-0.2, 0) is 6.42 Å². The van der Waals surface area contributed by atoms with E-state index in [0.717, 1.165) is 5.56 Å². The predicted octanol–water partition coefficient (Wildman–Crippen LogP) is 4.15. The SMILES string of the molecule is Cc1cccc(CC(O)c2ccccc2C2CC2)c1. The van der Waals surface area contributed by atoms with Gasteiger partial charge in [-0.25, -0.2) is 0 Å². The molecule has 0 spiro atoms. The van der Waals surface area contributed by atoms with Gasteiger partial charge in [0.05, 0.1) is 6.10 Å². The zero-order valence-corrected chi connectivity index (χ0v) is 11.3. The number of aryl methyl sites for hydroxylation is 1. The summed E-state index contributed by atoms with van der Waals surface area (Å²) in [7, 11) is 0. The first kappa shape index (κ1) is 12.4. The Morgan fingerprint density at radius 1 is 1.11 bits per heavy atom. The van der Waals surface area contributed by atoms with E-state index in [1.54, 1.807) is 0 Å². The van der Waals surface area contributed by atoms with Crippen molar-refractivity contribution in [1.82, 2.24) is 0 Å². The van der Waals surface area contributed by atoms with Gasteiger partial charge < -0.3 is 5.11 Å². The van der Waals surface area contributed by atoms with Crippen molar-refractivity contribution in [2.75, 3.05) is 0 Å². The van der Waals surface area contributed by atoms with Gasteiger partial charge in [-0.3, -0.25) is 0 Å². The summed E-state index contributed by atoms with van der Waals surface area (Å²) < 4.78 is 0. The molecule has 98 valence electrons. The molecule has 1 aliphatic carbocycles. The normalized spacial score (nSPS) is 16.3. The molecule has 0 saturated heterocycles. The lowest BCUT2D eigenvalue weighted by Crippen LogP contribution is -2.05. The minimum absolute atomic E-state index is 0.390. The van der Waals surface area contributed by atoms with Gasteiger partial charge in [-0.2, -0.15) is 0 Å². The average molecular weight is 252 g/mol. The third-order valence-corrected chi connectivity index (χ3v) is 3.88. The summed E-state index contributed by atoms with van der Waals surface area (Å²) in [5.41, 5.74) is 4.92. The number of benzene rings is 2. The Kier molecular flexibility index (Phi) is 3.39. The second kappa shape index (κ2) is 5.18. The van der Waals surface area contributed by atoms with E-state index in [9.17, 15) is 5.11 Å². The van der Waals surface area contributed by atoms with Crippen LogP contribution in [0.4, 0.5) is 0 Å². The quantitative estimate of drug-likeness (QED) is 0.866. The number of aliphatic hydroxyl groups is 1. The molecule has 19 heavy (non-hydrogen) atoms. The predicted molar refractivity (Wildman–Crippen MR) is 78.3 cm³/mol. The minimum Gasteiger partial charge on any atom is -0.388 e. The van der Waals surface area contributed by atoms with Gasteiger partial charge in [-0.1, -0.05) is 54.1 Å². The first-order valence-electron chi connectivity index (χ1n) is 7.06. The molecule has 1 aliphatic rings. The lowest BCUT2D eigenvalue weighted by atomic mass is 9.94. The second-order valence-electron chi connectivity index (χ2n) is 5.61. The van der Waals surface area contributed by atoms with Gasteiger partial charge in [-0.15, -0.1) is 0 Å². The van der Waals surface area contributed by atoms with Gasteiger partial charge in [0.25, 0.3) is 0 Å². The molecule has 1 unspecified atom stereocenters. The van der Waals surface area contributed by atoms with Gasteiger partial charge in [0, 0.05) is 6.42 Å². The third-order valence-electron chi connectivity index (χ3n) is 3.88. The van der Waals surface area contributed by atoms with E-state index in [4.69, 9.17) is 0 Å². The van der Waals surface area contributed by atoms with Crippen molar-refractivity contribution in [2.45, 2.75) is 38.2 Å². The van der Waals surface area contributed by atoms with Crippen molar-refractivity contribution in [1.29, 1.82) is 0 Å². The maximum absolute atomic E-state index is 10.5. The zero-order valence-electron chi connectivity index (χ0n) is 11.3. The van der Waals surface area contributed by atoms with Crippen molar-refractivity contribution in [2.24, 2.45) is 0 Å². The van der Waals surface area contributed by atoms with Gasteiger partial charge in [-0.05, 0) is 42.4 Å². The van der Waals surface area contributed by atoms with Crippen LogP contribution < -0.4 is 0 Å². The first-order chi connectivity index (χ1) is 9.24. The molecule has 0 bridgehead atoms. The summed E-state index contributed by atoms with van der Waals surface area (Å²) in [6.07, 6.45) is 2.85. The molecule has 1 fully saturated rings. The molecule has 0 radical (unpaired) electrons. The van der Waals surface area contributed by atoms with E-state index in [0.29, 0.717) is 12.3 Å². The highest BCUT2D eigenvalue weighted by Gasteiger charge is 2.27. The Morgan fingerprint density at radius 3 is 2.63 bits per heavy atom. The molecule has 0 aliphatic heterocycles. The molecule has 0 amide bonds. The third kappa shape index (κ3) is 2.87. The van der Waals surface area contributed by atoms with Gasteiger partial charge in [0.15, 0.2) is 0 Å². The van der Waals surface area contributed by atoms with Crippen molar-refractivity contribution in [3.05, 3.63) is 70.8 Å². The Balaban J connectivity index is 1.82. The molecular weight excluding hydrogens is 232 g/mol. The number of hydrogen-bond acceptors (Lipinski definition) is 1. The van der Waals surface area contributed by atoms with Gasteiger partial charge in [0.2, 0.25) is 0 Å². The standard InChI is InChI=1S/C18H20O/c1-13-5-4-6-14(11-13)12-18(19)17-8-3-2-7-16(17)15-9-10-15/h2-8,11,15,18-19H,9-10,12H2,1H3. The molecule has 1 nitrogen and oxygen atoms in total. The maximum Gasteiger partial charge on any atom is 0.0833 e. The van der Waals surface area contributed by atoms with E-state index in [2.05, 4.69) is 49.4 Å². The summed E-state index contributed by atoms with van der Waals surface area (Å²) in [5, 5.41) is 10.5. The van der Waals surface area contributed by atoms with Crippen LogP contribution in [0.1, 0.15) is 47.1 Å². The first-order valence-corrected chi connectivity index (χ1v) is 7.06. The van der Waals surface area contributed by atoms with E-state index < -0.39 is 6.10 Å². The van der Waals surface area contributed by atoms with E-state index in [1.807, 2.05) is 6.07 Å². The molecule has 3 rings (SSSR count). The van der Waals surface area contributed by atoms with Gasteiger partial charge in [0.1, 0.15) is 0 Å². The molecule has 0 heterocycles. The Morgan fingerprint density at radius 2 is 1.89 bits per heavy atom. The summed E-state index contributed by atoms with van der Waals surface area (Å²) in [5.74, 6) is 0.684. The molecule has 2 aromatic carbocycles. The summed E-state index contributed by atoms with van der Waals surface area (Å²) >= 11 is 0. The van der Waals surface area contributed by atoms with Crippen LogP contribution in [-0.4, -0.2) is 5.11 Å². The maximum atomic E-state index is 10.5. The van der Waals surface area contributed by atoms with Gasteiger partial charge >= 0.3 is 0 Å². The fourth-order valence-corrected chi connectivity index (χ4v) is 2.75. The van der Waals surface area contributed by atoms with Crippen LogP contribution in [0.25, 0.3) is 0 Å². The molecule has 0 aromatic heterocycles. The Hall–Kier alpha value is -1.60. The Bertz CT molecular complexity index is 569. The lowest BCUT2D eigenvalue weighted by Gasteiger charge is -2.15. The van der Waals surface area contributed by atoms with Crippen LogP contribution in [0.5, 0.6) is 0 Å². The fourth-order valence-electron chi connectivity index (χ4n) is 2.75. The van der Waals surface area contributed by atoms with Crippen molar-refractivity contribution >= 4 is 0 Å². The fraction of sp³-hybridized carbons (Fsp3) is 0.333. The van der Waals surface area contributed by atoms with Crippen LogP contribution in [0.2, 0.25) is 0 Å². The van der Waals surface area contributed by atoms with E-state index >= 15 is 0 Å². The highest BCUT2D eigenvalue weighted by Crippen LogP contribution is 2.43. The van der Waals surface area contributed by atoms with Crippen molar-refractivity contribution in [3.63, 3.8) is 0 Å². The highest BCUT2D eigenvalue weighted by molar-refractivity contribution is 5.36. The molecule has 1 saturated carbocycles. The lowest BCUT2D eigenvalue weighted by molar-refractivity contribution is 0.177. The molecule has 1 atom stereocenters. The summed E-state index contributed by atoms with van der Waals surface area (Å²) in [6.45, 7) is 2.09. The van der Waals surface area contributed by atoms with Crippen LogP contribution in [0.15, 0.2) is 48.5 Å². The molecular formula is C18H20O. The van der Waals surface area contributed by atoms with E-state index in [-0.39, 0.29) is 0 Å². The molecule has 1 heteroatoms. The minimum atomic E-state index is -0.390. The van der Waals surface area contributed by atoms with Crippen molar-refractivity contribution < 1.29 is 5.11 Å². The molecule has 1 N–H and O–H groups in total. The number of hydrogen-bond donors (Lipinski definition) is 1. The van der Waals surface area contributed by atoms with Crippen LogP contribution in [0, 0.1) is 6.92 Å². The number of aliphatic hydroxyl groups excluding tert-OH is 1. The Labute approximate surface area is 114 Å². The van der Waals surface area contributed by atoms with Crippen molar-refractivity contribution in [3.8, 4) is 0 Å². The van der Waals surface area contributed by atoms with E-state index in [1.165, 1.54) is 29.5 Å². The average Bonchev–Trinajstić information content (AvgIpc) is 3.23. The summed E-state index contributed by atoms with van der Waals surface area (Å²) in [4.78, 5) is 0. The smallest absolute Gasteiger partial charge is 0.0833 e.